The summed E-state index contributed by atoms with van der Waals surface area (Å²) < 4.78 is 0. The van der Waals surface area contributed by atoms with Gasteiger partial charge in [0, 0.05) is 0 Å². The van der Waals surface area contributed by atoms with Crippen molar-refractivity contribution in [2.75, 3.05) is 6.54 Å². The van der Waals surface area contributed by atoms with Crippen molar-refractivity contribution in [3.63, 3.8) is 0 Å². The van der Waals surface area contributed by atoms with Crippen molar-refractivity contribution < 1.29 is 0 Å². The highest BCUT2D eigenvalue weighted by Crippen LogP contribution is 2.34. The highest BCUT2D eigenvalue weighted by Gasteiger charge is 2.24. The van der Waals surface area contributed by atoms with E-state index in [1.54, 1.807) is 0 Å². The molecule has 1 aliphatic carbocycles. The summed E-state index contributed by atoms with van der Waals surface area (Å²) in [6.45, 7) is 3.22. The molecular weight excluding hydrogens is 206 g/mol. The summed E-state index contributed by atoms with van der Waals surface area (Å²) >= 11 is 0. The Labute approximate surface area is 109 Å². The quantitative estimate of drug-likeness (QED) is 0.540. The summed E-state index contributed by atoms with van der Waals surface area (Å²) in [6, 6.07) is 0. The number of hydrogen-bond donors (Lipinski definition) is 1. The molecule has 2 atom stereocenters. The van der Waals surface area contributed by atoms with E-state index in [0.717, 1.165) is 18.4 Å². The minimum Gasteiger partial charge on any atom is -0.330 e. The van der Waals surface area contributed by atoms with E-state index in [2.05, 4.69) is 6.92 Å². The van der Waals surface area contributed by atoms with Gasteiger partial charge in [-0.3, -0.25) is 0 Å². The maximum absolute atomic E-state index is 5.82. The van der Waals surface area contributed by atoms with E-state index in [4.69, 9.17) is 5.73 Å². The molecule has 0 spiro atoms. The number of rotatable bonds is 10. The SMILES string of the molecule is CCCCCCCCCCC1CCCC1CN. The van der Waals surface area contributed by atoms with Gasteiger partial charge in [-0.2, -0.15) is 0 Å². The Balaban J connectivity index is 1.87. The van der Waals surface area contributed by atoms with E-state index in [1.807, 2.05) is 0 Å². The molecule has 0 aromatic carbocycles. The van der Waals surface area contributed by atoms with Crippen LogP contribution in [-0.2, 0) is 0 Å². The minimum absolute atomic E-state index is 0.861. The first kappa shape index (κ1) is 15.0. The standard InChI is InChI=1S/C16H33N/c1-2-3-4-5-6-7-8-9-11-15-12-10-13-16(15)14-17/h15-16H,2-14,17H2,1H3. The maximum Gasteiger partial charge on any atom is -0.00462 e. The van der Waals surface area contributed by atoms with Gasteiger partial charge in [-0.25, -0.2) is 0 Å². The fourth-order valence-electron chi connectivity index (χ4n) is 3.34. The molecule has 1 rings (SSSR count). The molecular formula is C16H33N. The summed E-state index contributed by atoms with van der Waals surface area (Å²) in [4.78, 5) is 0. The van der Waals surface area contributed by atoms with E-state index < -0.39 is 0 Å². The Morgan fingerprint density at radius 1 is 0.824 bits per heavy atom. The van der Waals surface area contributed by atoms with Crippen molar-refractivity contribution >= 4 is 0 Å². The molecule has 102 valence electrons. The molecule has 1 saturated carbocycles. The Morgan fingerprint density at radius 3 is 2.06 bits per heavy atom. The molecule has 0 aromatic rings. The van der Waals surface area contributed by atoms with Crippen LogP contribution in [-0.4, -0.2) is 6.54 Å². The third-order valence-corrected chi connectivity index (χ3v) is 4.55. The van der Waals surface area contributed by atoms with Crippen LogP contribution in [0.3, 0.4) is 0 Å². The normalized spacial score (nSPS) is 24.4. The van der Waals surface area contributed by atoms with Gasteiger partial charge in [0.05, 0.1) is 0 Å². The second-order valence-electron chi connectivity index (χ2n) is 5.95. The van der Waals surface area contributed by atoms with Gasteiger partial charge in [-0.05, 0) is 24.8 Å². The monoisotopic (exact) mass is 239 g/mol. The Bertz CT molecular complexity index is 167. The van der Waals surface area contributed by atoms with E-state index in [9.17, 15) is 0 Å². The van der Waals surface area contributed by atoms with Crippen LogP contribution in [0.5, 0.6) is 0 Å². The molecule has 0 amide bonds. The van der Waals surface area contributed by atoms with Crippen LogP contribution < -0.4 is 5.73 Å². The fourth-order valence-corrected chi connectivity index (χ4v) is 3.34. The van der Waals surface area contributed by atoms with Crippen molar-refractivity contribution in [2.45, 2.75) is 84.0 Å². The number of unbranched alkanes of at least 4 members (excludes halogenated alkanes) is 7. The van der Waals surface area contributed by atoms with Crippen molar-refractivity contribution in [3.8, 4) is 0 Å². The lowest BCUT2D eigenvalue weighted by atomic mass is 9.90. The highest BCUT2D eigenvalue weighted by molar-refractivity contribution is 4.77. The fraction of sp³-hybridized carbons (Fsp3) is 1.00. The van der Waals surface area contributed by atoms with Gasteiger partial charge < -0.3 is 5.73 Å². The van der Waals surface area contributed by atoms with Gasteiger partial charge in [0.15, 0.2) is 0 Å². The maximum atomic E-state index is 5.82. The van der Waals surface area contributed by atoms with Crippen LogP contribution >= 0.6 is 0 Å². The van der Waals surface area contributed by atoms with Crippen molar-refractivity contribution in [2.24, 2.45) is 17.6 Å². The van der Waals surface area contributed by atoms with Crippen LogP contribution in [0.1, 0.15) is 84.0 Å². The molecule has 0 radical (unpaired) electrons. The van der Waals surface area contributed by atoms with Crippen LogP contribution in [0.25, 0.3) is 0 Å². The summed E-state index contributed by atoms with van der Waals surface area (Å²) in [6.07, 6.45) is 17.3. The first-order valence-electron chi connectivity index (χ1n) is 8.08. The molecule has 0 saturated heterocycles. The molecule has 0 bridgehead atoms. The van der Waals surface area contributed by atoms with Crippen molar-refractivity contribution in [3.05, 3.63) is 0 Å². The first-order chi connectivity index (χ1) is 8.38. The topological polar surface area (TPSA) is 26.0 Å². The largest absolute Gasteiger partial charge is 0.330 e. The average molecular weight is 239 g/mol. The van der Waals surface area contributed by atoms with E-state index >= 15 is 0 Å². The van der Waals surface area contributed by atoms with Crippen LogP contribution in [0.2, 0.25) is 0 Å². The van der Waals surface area contributed by atoms with Gasteiger partial charge in [0.1, 0.15) is 0 Å². The molecule has 0 aliphatic heterocycles. The Hall–Kier alpha value is -0.0400. The van der Waals surface area contributed by atoms with E-state index in [1.165, 1.54) is 77.0 Å². The predicted molar refractivity (Wildman–Crippen MR) is 77.1 cm³/mol. The van der Waals surface area contributed by atoms with Gasteiger partial charge in [-0.15, -0.1) is 0 Å². The van der Waals surface area contributed by atoms with Crippen LogP contribution in [0.15, 0.2) is 0 Å². The molecule has 1 aliphatic rings. The Kier molecular flexibility index (Phi) is 8.78. The zero-order valence-corrected chi connectivity index (χ0v) is 11.9. The molecule has 1 heteroatoms. The lowest BCUT2D eigenvalue weighted by Crippen LogP contribution is -2.18. The van der Waals surface area contributed by atoms with Gasteiger partial charge >= 0.3 is 0 Å². The van der Waals surface area contributed by atoms with Gasteiger partial charge in [-0.1, -0.05) is 77.6 Å². The smallest absolute Gasteiger partial charge is 0.00462 e. The molecule has 1 fully saturated rings. The average Bonchev–Trinajstić information content (AvgIpc) is 2.80. The molecule has 2 unspecified atom stereocenters. The molecule has 0 heterocycles. The summed E-state index contributed by atoms with van der Waals surface area (Å²) in [5.41, 5.74) is 5.82. The zero-order chi connectivity index (χ0) is 12.3. The van der Waals surface area contributed by atoms with E-state index in [-0.39, 0.29) is 0 Å². The molecule has 0 aromatic heterocycles. The third kappa shape index (κ3) is 6.45. The third-order valence-electron chi connectivity index (χ3n) is 4.55. The van der Waals surface area contributed by atoms with Gasteiger partial charge in [0.25, 0.3) is 0 Å². The summed E-state index contributed by atoms with van der Waals surface area (Å²) in [7, 11) is 0. The second-order valence-corrected chi connectivity index (χ2v) is 5.95. The molecule has 1 nitrogen and oxygen atoms in total. The summed E-state index contributed by atoms with van der Waals surface area (Å²) in [5, 5.41) is 0. The minimum atomic E-state index is 0.861. The second kappa shape index (κ2) is 9.94. The lowest BCUT2D eigenvalue weighted by Gasteiger charge is -2.17. The van der Waals surface area contributed by atoms with Gasteiger partial charge in [0.2, 0.25) is 0 Å². The molecule has 17 heavy (non-hydrogen) atoms. The van der Waals surface area contributed by atoms with Crippen LogP contribution in [0, 0.1) is 11.8 Å². The molecule has 2 N–H and O–H groups in total. The van der Waals surface area contributed by atoms with Crippen molar-refractivity contribution in [1.82, 2.24) is 0 Å². The lowest BCUT2D eigenvalue weighted by molar-refractivity contribution is 0.357. The highest BCUT2D eigenvalue weighted by atomic mass is 14.6. The Morgan fingerprint density at radius 2 is 1.41 bits per heavy atom. The van der Waals surface area contributed by atoms with Crippen LogP contribution in [0.4, 0.5) is 0 Å². The predicted octanol–water partition coefficient (Wildman–Crippen LogP) is 4.89. The number of hydrogen-bond acceptors (Lipinski definition) is 1. The number of nitrogens with two attached hydrogens (primary N) is 1. The zero-order valence-electron chi connectivity index (χ0n) is 11.9. The van der Waals surface area contributed by atoms with Crippen molar-refractivity contribution in [1.29, 1.82) is 0 Å². The first-order valence-corrected chi connectivity index (χ1v) is 8.08. The summed E-state index contributed by atoms with van der Waals surface area (Å²) in [5.74, 6) is 1.83. The van der Waals surface area contributed by atoms with E-state index in [0.29, 0.717) is 0 Å².